The Morgan fingerprint density at radius 1 is 0.929 bits per heavy atom. The minimum absolute atomic E-state index is 0.354. The summed E-state index contributed by atoms with van der Waals surface area (Å²) in [5.41, 5.74) is 0.515. The van der Waals surface area contributed by atoms with Crippen molar-refractivity contribution in [2.24, 2.45) is 29.1 Å². The number of hydrogen-bond acceptors (Lipinski definition) is 2. The normalized spacial score (nSPS) is 31.1. The van der Waals surface area contributed by atoms with Crippen LogP contribution >= 0.6 is 0 Å². The maximum atomic E-state index is 11.8. The lowest BCUT2D eigenvalue weighted by Gasteiger charge is -2.61. The molecule has 4 aliphatic rings. The second kappa shape index (κ2) is 9.49. The van der Waals surface area contributed by atoms with Gasteiger partial charge in [-0.2, -0.15) is 0 Å². The average molecular weight is 391 g/mol. The Labute approximate surface area is 174 Å². The van der Waals surface area contributed by atoms with Crippen LogP contribution in [-0.2, 0) is 4.79 Å². The van der Waals surface area contributed by atoms with Crippen molar-refractivity contribution in [2.45, 2.75) is 98.4 Å². The molecule has 2 aliphatic heterocycles. The predicted molar refractivity (Wildman–Crippen MR) is 118 cm³/mol. The highest BCUT2D eigenvalue weighted by molar-refractivity contribution is 5.77. The molecular formula is C25H46N2O. The Hall–Kier alpha value is -0.570. The van der Waals surface area contributed by atoms with Gasteiger partial charge in [-0.25, -0.2) is 0 Å². The molecule has 3 heteroatoms. The van der Waals surface area contributed by atoms with Crippen molar-refractivity contribution in [3.63, 3.8) is 0 Å². The molecule has 4 fully saturated rings. The summed E-state index contributed by atoms with van der Waals surface area (Å²) in [6.07, 6.45) is 12.2. The van der Waals surface area contributed by atoms with Gasteiger partial charge in [0.1, 0.15) is 0 Å². The van der Waals surface area contributed by atoms with Crippen LogP contribution in [0.15, 0.2) is 0 Å². The van der Waals surface area contributed by atoms with E-state index in [4.69, 9.17) is 0 Å². The fourth-order valence-electron chi connectivity index (χ4n) is 6.66. The van der Waals surface area contributed by atoms with Gasteiger partial charge in [0.05, 0.1) is 0 Å². The van der Waals surface area contributed by atoms with Gasteiger partial charge in [-0.15, -0.1) is 0 Å². The van der Waals surface area contributed by atoms with E-state index in [1.165, 1.54) is 64.5 Å². The molecule has 0 aromatic heterocycles. The number of rotatable bonds is 4. The first-order valence-corrected chi connectivity index (χ1v) is 12.5. The zero-order valence-electron chi connectivity index (χ0n) is 19.4. The van der Waals surface area contributed by atoms with Crippen molar-refractivity contribution < 1.29 is 4.79 Å². The van der Waals surface area contributed by atoms with Gasteiger partial charge in [0.2, 0.25) is 5.91 Å². The van der Waals surface area contributed by atoms with E-state index >= 15 is 0 Å². The lowest BCUT2D eigenvalue weighted by molar-refractivity contribution is -0.158. The molecule has 0 aromatic rings. The van der Waals surface area contributed by atoms with Gasteiger partial charge in [0.15, 0.2) is 0 Å². The minimum atomic E-state index is 0.354. The lowest BCUT2D eigenvalue weighted by atomic mass is 9.59. The summed E-state index contributed by atoms with van der Waals surface area (Å²) in [6.45, 7) is 15.6. The van der Waals surface area contributed by atoms with Crippen LogP contribution < -0.4 is 0 Å². The molecule has 0 unspecified atom stereocenters. The largest absolute Gasteiger partial charge is 0.341 e. The van der Waals surface area contributed by atoms with Crippen LogP contribution in [0.4, 0.5) is 0 Å². The van der Waals surface area contributed by atoms with E-state index < -0.39 is 0 Å². The van der Waals surface area contributed by atoms with Gasteiger partial charge in [-0.05, 0) is 88.1 Å². The van der Waals surface area contributed by atoms with Crippen molar-refractivity contribution in [1.82, 2.24) is 9.80 Å². The lowest BCUT2D eigenvalue weighted by Crippen LogP contribution is -2.67. The number of amides is 1. The number of carbonyl (C=O) groups excluding carboxylic acids is 1. The highest BCUT2D eigenvalue weighted by Crippen LogP contribution is 2.51. The smallest absolute Gasteiger partial charge is 0.222 e. The van der Waals surface area contributed by atoms with Crippen molar-refractivity contribution in [3.05, 3.63) is 0 Å². The molecule has 2 heterocycles. The summed E-state index contributed by atoms with van der Waals surface area (Å²) in [5, 5.41) is 0. The van der Waals surface area contributed by atoms with E-state index in [0.29, 0.717) is 17.7 Å². The second-order valence-electron chi connectivity index (χ2n) is 10.5. The maximum Gasteiger partial charge on any atom is 0.222 e. The molecule has 2 aliphatic carbocycles. The van der Waals surface area contributed by atoms with E-state index in [1.807, 2.05) is 20.8 Å². The molecule has 4 rings (SSSR count). The Kier molecular flexibility index (Phi) is 7.50. The summed E-state index contributed by atoms with van der Waals surface area (Å²) >= 11 is 0. The van der Waals surface area contributed by atoms with E-state index in [9.17, 15) is 4.79 Å². The number of nitrogens with zero attached hydrogens (tertiary/aromatic N) is 2. The zero-order chi connectivity index (χ0) is 20.3. The van der Waals surface area contributed by atoms with Gasteiger partial charge < -0.3 is 9.80 Å². The Morgan fingerprint density at radius 3 is 1.96 bits per heavy atom. The summed E-state index contributed by atoms with van der Waals surface area (Å²) in [6, 6.07) is 0.825. The minimum Gasteiger partial charge on any atom is -0.341 e. The van der Waals surface area contributed by atoms with Crippen LogP contribution in [0.3, 0.4) is 0 Å². The monoisotopic (exact) mass is 390 g/mol. The maximum absolute atomic E-state index is 11.8. The summed E-state index contributed by atoms with van der Waals surface area (Å²) in [7, 11) is 0. The number of hydrogen-bond donors (Lipinski definition) is 0. The Morgan fingerprint density at radius 2 is 1.46 bits per heavy atom. The van der Waals surface area contributed by atoms with Crippen LogP contribution in [0.2, 0.25) is 0 Å². The van der Waals surface area contributed by atoms with Gasteiger partial charge in [0.25, 0.3) is 0 Å². The van der Waals surface area contributed by atoms with Crippen LogP contribution in [0.1, 0.15) is 92.4 Å². The molecule has 3 nitrogen and oxygen atoms in total. The van der Waals surface area contributed by atoms with E-state index in [0.717, 1.165) is 42.8 Å². The molecule has 0 atom stereocenters. The summed E-state index contributed by atoms with van der Waals surface area (Å²) < 4.78 is 0. The quantitative estimate of drug-likeness (QED) is 0.625. The molecule has 2 saturated heterocycles. The summed E-state index contributed by atoms with van der Waals surface area (Å²) in [4.78, 5) is 16.6. The Bertz CT molecular complexity index is 487. The fourth-order valence-corrected chi connectivity index (χ4v) is 6.66. The van der Waals surface area contributed by atoms with E-state index in [1.54, 1.807) is 0 Å². The van der Waals surface area contributed by atoms with Crippen LogP contribution in [0.25, 0.3) is 0 Å². The molecule has 2 saturated carbocycles. The standard InChI is InChI=1S/C23H40N2O.C2H6/c1-4-22(26)25-15-23(16-25)13-21(14-23)24-11-9-20(10-12-24)19-7-5-18(6-8-19)17(2)3;1-2/h17-21H,4-16H2,1-3H3;1-2H3. The molecule has 1 amide bonds. The molecule has 162 valence electrons. The first kappa shape index (κ1) is 22.1. The summed E-state index contributed by atoms with van der Waals surface area (Å²) in [5.74, 6) is 4.28. The molecular weight excluding hydrogens is 344 g/mol. The highest BCUT2D eigenvalue weighted by atomic mass is 16.2. The Balaban J connectivity index is 0.00000109. The molecule has 0 aromatic carbocycles. The number of carbonyl (C=O) groups is 1. The first-order valence-electron chi connectivity index (χ1n) is 12.5. The van der Waals surface area contributed by atoms with E-state index in [2.05, 4.69) is 23.6 Å². The number of likely N-dealkylation sites (tertiary alicyclic amines) is 2. The topological polar surface area (TPSA) is 23.6 Å². The third-order valence-electron chi connectivity index (χ3n) is 8.56. The van der Waals surface area contributed by atoms with Crippen LogP contribution in [0, 0.1) is 29.1 Å². The van der Waals surface area contributed by atoms with Gasteiger partial charge >= 0.3 is 0 Å². The molecule has 28 heavy (non-hydrogen) atoms. The van der Waals surface area contributed by atoms with Crippen LogP contribution in [0.5, 0.6) is 0 Å². The second-order valence-corrected chi connectivity index (χ2v) is 10.5. The third-order valence-corrected chi connectivity index (χ3v) is 8.56. The average Bonchev–Trinajstić information content (AvgIpc) is 2.67. The number of piperidine rings is 1. The highest BCUT2D eigenvalue weighted by Gasteiger charge is 2.54. The predicted octanol–water partition coefficient (Wildman–Crippen LogP) is 5.59. The SMILES string of the molecule is CC.CCC(=O)N1CC2(CC(N3CCC(C4CCC(C(C)C)CC4)CC3)C2)C1. The van der Waals surface area contributed by atoms with Crippen molar-refractivity contribution in [3.8, 4) is 0 Å². The molecule has 0 radical (unpaired) electrons. The fraction of sp³-hybridized carbons (Fsp3) is 0.960. The van der Waals surface area contributed by atoms with Crippen LogP contribution in [-0.4, -0.2) is 47.9 Å². The third kappa shape index (κ3) is 4.60. The van der Waals surface area contributed by atoms with Gasteiger partial charge in [0, 0.05) is 31.0 Å². The van der Waals surface area contributed by atoms with Crippen molar-refractivity contribution >= 4 is 5.91 Å². The zero-order valence-corrected chi connectivity index (χ0v) is 19.4. The van der Waals surface area contributed by atoms with Gasteiger partial charge in [-0.1, -0.05) is 34.6 Å². The van der Waals surface area contributed by atoms with Crippen molar-refractivity contribution in [1.29, 1.82) is 0 Å². The first-order chi connectivity index (χ1) is 13.5. The van der Waals surface area contributed by atoms with Gasteiger partial charge in [-0.3, -0.25) is 4.79 Å². The van der Waals surface area contributed by atoms with E-state index in [-0.39, 0.29) is 0 Å². The molecule has 0 N–H and O–H groups in total. The molecule has 0 bridgehead atoms. The molecule has 1 spiro atoms. The van der Waals surface area contributed by atoms with Crippen molar-refractivity contribution in [2.75, 3.05) is 26.2 Å².